The van der Waals surface area contributed by atoms with E-state index in [1.807, 2.05) is 6.07 Å². The first-order valence-electron chi connectivity index (χ1n) is 6.44. The summed E-state index contributed by atoms with van der Waals surface area (Å²) in [6, 6.07) is 14.3. The van der Waals surface area contributed by atoms with Crippen molar-refractivity contribution in [1.29, 1.82) is 0 Å². The Morgan fingerprint density at radius 2 is 1.64 bits per heavy atom. The van der Waals surface area contributed by atoms with Crippen molar-refractivity contribution in [2.45, 2.75) is 10.4 Å². The molecular formula is C15H10Cl2N2O3. The van der Waals surface area contributed by atoms with Crippen LogP contribution in [0.3, 0.4) is 0 Å². The standard InChI is InChI=1S/C15H10Cl2N2O3/c16-15(17)13(10-6-8-12(9-7-10)19(21)22)18(14(15)20)11-4-2-1-3-5-11/h1-9,13H. The molecule has 0 aliphatic carbocycles. The maximum absolute atomic E-state index is 12.2. The third-order valence-electron chi connectivity index (χ3n) is 3.56. The van der Waals surface area contributed by atoms with Crippen LogP contribution >= 0.6 is 23.2 Å². The van der Waals surface area contributed by atoms with Crippen LogP contribution in [0.4, 0.5) is 11.4 Å². The number of nitro groups is 1. The number of nitrogens with zero attached hydrogens (tertiary/aromatic N) is 2. The number of para-hydroxylation sites is 1. The lowest BCUT2D eigenvalue weighted by atomic mass is 9.91. The minimum atomic E-state index is -1.58. The summed E-state index contributed by atoms with van der Waals surface area (Å²) in [6.45, 7) is 0. The van der Waals surface area contributed by atoms with Crippen LogP contribution < -0.4 is 4.90 Å². The van der Waals surface area contributed by atoms with Crippen LogP contribution in [0.2, 0.25) is 0 Å². The van der Waals surface area contributed by atoms with Gasteiger partial charge in [0.25, 0.3) is 11.6 Å². The summed E-state index contributed by atoms with van der Waals surface area (Å²) in [6.07, 6.45) is 0. The normalized spacial score (nSPS) is 19.6. The van der Waals surface area contributed by atoms with Crippen molar-refractivity contribution in [3.8, 4) is 0 Å². The van der Waals surface area contributed by atoms with Gasteiger partial charge in [-0.3, -0.25) is 19.8 Å². The molecule has 1 atom stereocenters. The summed E-state index contributed by atoms with van der Waals surface area (Å²) in [7, 11) is 0. The fourth-order valence-electron chi connectivity index (χ4n) is 2.48. The van der Waals surface area contributed by atoms with Crippen LogP contribution in [0, 0.1) is 10.1 Å². The lowest BCUT2D eigenvalue weighted by Crippen LogP contribution is -2.62. The Morgan fingerprint density at radius 3 is 2.18 bits per heavy atom. The van der Waals surface area contributed by atoms with Gasteiger partial charge in [-0.1, -0.05) is 41.4 Å². The third-order valence-corrected chi connectivity index (χ3v) is 4.30. The van der Waals surface area contributed by atoms with E-state index in [0.29, 0.717) is 11.3 Å². The maximum atomic E-state index is 12.2. The molecule has 3 rings (SSSR count). The number of rotatable bonds is 3. The number of hydrogen-bond acceptors (Lipinski definition) is 3. The number of anilines is 1. The number of benzene rings is 2. The van der Waals surface area contributed by atoms with Crippen molar-refractivity contribution in [2.24, 2.45) is 0 Å². The van der Waals surface area contributed by atoms with Crippen LogP contribution in [0.15, 0.2) is 54.6 Å². The molecule has 1 saturated heterocycles. The van der Waals surface area contributed by atoms with Gasteiger partial charge < -0.3 is 0 Å². The molecule has 2 aromatic carbocycles. The Morgan fingerprint density at radius 1 is 1.05 bits per heavy atom. The van der Waals surface area contributed by atoms with Gasteiger partial charge in [-0.25, -0.2) is 0 Å². The maximum Gasteiger partial charge on any atom is 0.269 e. The van der Waals surface area contributed by atoms with E-state index in [1.54, 1.807) is 36.4 Å². The van der Waals surface area contributed by atoms with Gasteiger partial charge in [0.05, 0.1) is 4.92 Å². The predicted molar refractivity (Wildman–Crippen MR) is 84.2 cm³/mol. The minimum Gasteiger partial charge on any atom is -0.299 e. The highest BCUT2D eigenvalue weighted by molar-refractivity contribution is 6.62. The Hall–Kier alpha value is -2.11. The summed E-state index contributed by atoms with van der Waals surface area (Å²) in [5, 5.41) is 10.7. The zero-order valence-corrected chi connectivity index (χ0v) is 12.7. The van der Waals surface area contributed by atoms with Gasteiger partial charge in [0.2, 0.25) is 4.33 Å². The highest BCUT2D eigenvalue weighted by Crippen LogP contribution is 2.52. The second-order valence-corrected chi connectivity index (χ2v) is 6.27. The topological polar surface area (TPSA) is 63.5 Å². The van der Waals surface area contributed by atoms with E-state index in [1.165, 1.54) is 17.0 Å². The summed E-state index contributed by atoms with van der Waals surface area (Å²) in [4.78, 5) is 23.9. The summed E-state index contributed by atoms with van der Waals surface area (Å²) in [5.41, 5.74) is 1.28. The fraction of sp³-hybridized carbons (Fsp3) is 0.133. The van der Waals surface area contributed by atoms with Crippen molar-refractivity contribution < 1.29 is 9.72 Å². The van der Waals surface area contributed by atoms with Gasteiger partial charge in [0.15, 0.2) is 0 Å². The second-order valence-electron chi connectivity index (χ2n) is 4.88. The van der Waals surface area contributed by atoms with Crippen LogP contribution in [0.25, 0.3) is 0 Å². The molecule has 22 heavy (non-hydrogen) atoms. The van der Waals surface area contributed by atoms with E-state index >= 15 is 0 Å². The van der Waals surface area contributed by atoms with E-state index in [0.717, 1.165) is 0 Å². The smallest absolute Gasteiger partial charge is 0.269 e. The number of hydrogen-bond donors (Lipinski definition) is 0. The van der Waals surface area contributed by atoms with E-state index in [4.69, 9.17) is 23.2 Å². The number of carbonyl (C=O) groups is 1. The highest BCUT2D eigenvalue weighted by Gasteiger charge is 2.60. The van der Waals surface area contributed by atoms with Crippen molar-refractivity contribution in [3.63, 3.8) is 0 Å². The highest BCUT2D eigenvalue weighted by atomic mass is 35.5. The fourth-order valence-corrected chi connectivity index (χ4v) is 3.11. The van der Waals surface area contributed by atoms with Crippen LogP contribution in [-0.4, -0.2) is 15.2 Å². The molecule has 1 heterocycles. The second kappa shape index (κ2) is 5.26. The first-order valence-corrected chi connectivity index (χ1v) is 7.19. The molecule has 0 radical (unpaired) electrons. The molecule has 5 nitrogen and oxygen atoms in total. The number of β-lactam (4-membered cyclic amide) rings is 1. The van der Waals surface area contributed by atoms with Crippen molar-refractivity contribution in [3.05, 3.63) is 70.3 Å². The average Bonchev–Trinajstić information content (AvgIpc) is 2.52. The number of alkyl halides is 2. The average molecular weight is 337 g/mol. The largest absolute Gasteiger partial charge is 0.299 e. The molecule has 1 unspecified atom stereocenters. The monoisotopic (exact) mass is 336 g/mol. The number of carbonyl (C=O) groups excluding carboxylic acids is 1. The lowest BCUT2D eigenvalue weighted by molar-refractivity contribution is -0.384. The molecule has 1 aliphatic rings. The lowest BCUT2D eigenvalue weighted by Gasteiger charge is -2.49. The van der Waals surface area contributed by atoms with E-state index in [9.17, 15) is 14.9 Å². The van der Waals surface area contributed by atoms with Crippen molar-refractivity contribution in [1.82, 2.24) is 0 Å². The number of amides is 1. The van der Waals surface area contributed by atoms with Gasteiger partial charge >= 0.3 is 0 Å². The SMILES string of the molecule is O=C1N(c2ccccc2)C(c2ccc([N+](=O)[O-])cc2)C1(Cl)Cl. The summed E-state index contributed by atoms with van der Waals surface area (Å²) in [5.74, 6) is -0.412. The van der Waals surface area contributed by atoms with Gasteiger partial charge in [-0.15, -0.1) is 0 Å². The first kappa shape index (κ1) is 14.8. The molecule has 1 fully saturated rings. The van der Waals surface area contributed by atoms with Crippen molar-refractivity contribution >= 4 is 40.5 Å². The molecule has 7 heteroatoms. The number of nitro benzene ring substituents is 1. The van der Waals surface area contributed by atoms with Gasteiger partial charge in [0.1, 0.15) is 6.04 Å². The minimum absolute atomic E-state index is 0.0320. The molecular weight excluding hydrogens is 327 g/mol. The van der Waals surface area contributed by atoms with Crippen LogP contribution in [-0.2, 0) is 4.79 Å². The zero-order chi connectivity index (χ0) is 15.9. The van der Waals surface area contributed by atoms with Gasteiger partial charge in [-0.2, -0.15) is 0 Å². The predicted octanol–water partition coefficient (Wildman–Crippen LogP) is 3.86. The Bertz CT molecular complexity index is 732. The van der Waals surface area contributed by atoms with E-state index in [-0.39, 0.29) is 5.69 Å². The summed E-state index contributed by atoms with van der Waals surface area (Å²) < 4.78 is -1.58. The Kier molecular flexibility index (Phi) is 3.54. The molecule has 0 N–H and O–H groups in total. The molecule has 2 aromatic rings. The van der Waals surface area contributed by atoms with Crippen molar-refractivity contribution in [2.75, 3.05) is 4.90 Å². The Labute approximate surface area is 136 Å². The molecule has 0 aromatic heterocycles. The molecule has 1 amide bonds. The number of halogens is 2. The van der Waals surface area contributed by atoms with Crippen LogP contribution in [0.1, 0.15) is 11.6 Å². The van der Waals surface area contributed by atoms with E-state index in [2.05, 4.69) is 0 Å². The summed E-state index contributed by atoms with van der Waals surface area (Å²) >= 11 is 12.3. The molecule has 0 bridgehead atoms. The van der Waals surface area contributed by atoms with Gasteiger partial charge in [0, 0.05) is 17.8 Å². The quantitative estimate of drug-likeness (QED) is 0.370. The zero-order valence-electron chi connectivity index (χ0n) is 11.1. The first-order chi connectivity index (χ1) is 10.4. The third kappa shape index (κ3) is 2.23. The van der Waals surface area contributed by atoms with Crippen LogP contribution in [0.5, 0.6) is 0 Å². The number of non-ortho nitro benzene ring substituents is 1. The Balaban J connectivity index is 1.99. The molecule has 0 spiro atoms. The van der Waals surface area contributed by atoms with E-state index < -0.39 is 21.2 Å². The molecule has 1 aliphatic heterocycles. The van der Waals surface area contributed by atoms with Gasteiger partial charge in [-0.05, 0) is 29.8 Å². The molecule has 0 saturated carbocycles. The molecule has 112 valence electrons.